The Labute approximate surface area is 219 Å². The van der Waals surface area contributed by atoms with Crippen molar-refractivity contribution in [3.63, 3.8) is 0 Å². The maximum absolute atomic E-state index is 14.8. The molecule has 0 unspecified atom stereocenters. The molecule has 3 N–H and O–H groups in total. The van der Waals surface area contributed by atoms with E-state index in [-0.39, 0.29) is 23.4 Å². The fourth-order valence-corrected chi connectivity index (χ4v) is 4.51. The van der Waals surface area contributed by atoms with Crippen LogP contribution in [0.25, 0.3) is 0 Å². The van der Waals surface area contributed by atoms with E-state index in [0.29, 0.717) is 17.7 Å². The summed E-state index contributed by atoms with van der Waals surface area (Å²) in [5.74, 6) is -5.45. The number of nitrogens with zero attached hydrogens (tertiary/aromatic N) is 2. The number of phosphoric ester groups is 1. The number of hydrogen-bond acceptors (Lipinski definition) is 4. The lowest BCUT2D eigenvalue weighted by Crippen LogP contribution is -2.46. The summed E-state index contributed by atoms with van der Waals surface area (Å²) < 4.78 is 71.3. The molecule has 3 amide bonds. The molecule has 1 aliphatic rings. The van der Waals surface area contributed by atoms with E-state index in [1.807, 2.05) is 0 Å². The third-order valence-electron chi connectivity index (χ3n) is 6.26. The highest BCUT2D eigenvalue weighted by Crippen LogP contribution is 2.39. The van der Waals surface area contributed by atoms with Gasteiger partial charge in [0.2, 0.25) is 0 Å². The predicted molar refractivity (Wildman–Crippen MR) is 131 cm³/mol. The van der Waals surface area contributed by atoms with Crippen LogP contribution in [-0.4, -0.2) is 33.7 Å². The van der Waals surface area contributed by atoms with Gasteiger partial charge in [0, 0.05) is 48.5 Å². The Morgan fingerprint density at radius 2 is 1.69 bits per heavy atom. The Bertz CT molecular complexity index is 1490. The predicted octanol–water partition coefficient (Wildman–Crippen LogP) is 4.78. The van der Waals surface area contributed by atoms with Crippen LogP contribution in [0.1, 0.15) is 40.0 Å². The monoisotopic (exact) mass is 567 g/mol. The number of hydrogen-bond donors (Lipinski definition) is 3. The highest BCUT2D eigenvalue weighted by atomic mass is 31.2. The molecule has 0 saturated carbocycles. The number of nitrogens with one attached hydrogen (secondary N) is 1. The van der Waals surface area contributed by atoms with Crippen molar-refractivity contribution in [1.82, 2.24) is 10.2 Å². The molecule has 0 bridgehead atoms. The quantitative estimate of drug-likeness (QED) is 0.280. The second-order valence-corrected chi connectivity index (χ2v) is 9.96. The zero-order valence-electron chi connectivity index (χ0n) is 20.5. The van der Waals surface area contributed by atoms with Crippen LogP contribution in [0, 0.1) is 23.3 Å². The highest BCUT2D eigenvalue weighted by molar-refractivity contribution is 7.46. The fourth-order valence-electron chi connectivity index (χ4n) is 4.12. The van der Waals surface area contributed by atoms with E-state index in [2.05, 4.69) is 9.84 Å². The molecule has 206 valence electrons. The van der Waals surface area contributed by atoms with Gasteiger partial charge in [-0.05, 0) is 30.7 Å². The zero-order valence-corrected chi connectivity index (χ0v) is 21.4. The molecule has 0 fully saturated rings. The van der Waals surface area contributed by atoms with Gasteiger partial charge in [-0.3, -0.25) is 19.5 Å². The average molecular weight is 567 g/mol. The Balaban J connectivity index is 1.62. The minimum absolute atomic E-state index is 0.00701. The number of urea groups is 1. The fraction of sp³-hybridized carbons (Fsp3) is 0.200. The van der Waals surface area contributed by atoms with Gasteiger partial charge < -0.3 is 14.7 Å². The maximum atomic E-state index is 14.8. The van der Waals surface area contributed by atoms with Crippen LogP contribution in [0.3, 0.4) is 0 Å². The van der Waals surface area contributed by atoms with Gasteiger partial charge in [0.05, 0.1) is 18.3 Å². The summed E-state index contributed by atoms with van der Waals surface area (Å²) in [7, 11) is -3.36. The summed E-state index contributed by atoms with van der Waals surface area (Å²) in [5.41, 5.74) is 0.416. The van der Waals surface area contributed by atoms with Gasteiger partial charge >= 0.3 is 13.9 Å². The lowest BCUT2D eigenvalue weighted by Gasteiger charge is -2.39. The van der Waals surface area contributed by atoms with Crippen molar-refractivity contribution < 1.29 is 46.0 Å². The number of phosphoric acid groups is 1. The molecule has 0 spiro atoms. The molecule has 0 radical (unpaired) electrons. The number of amides is 3. The number of anilines is 1. The molecule has 1 atom stereocenters. The van der Waals surface area contributed by atoms with Crippen molar-refractivity contribution in [2.75, 3.05) is 11.9 Å². The van der Waals surface area contributed by atoms with Crippen molar-refractivity contribution in [3.8, 4) is 5.75 Å². The van der Waals surface area contributed by atoms with E-state index in [1.165, 1.54) is 28.0 Å². The van der Waals surface area contributed by atoms with Gasteiger partial charge in [-0.1, -0.05) is 12.1 Å². The number of carbonyl (C=O) groups is 2. The third kappa shape index (κ3) is 6.06. The molecule has 0 saturated heterocycles. The standard InChI is InChI=1S/C25H22F4N3O6P/c1-13-18-6-4-14(24(33)30-11-19-21(28)8-16(26)9-22(19)29)7-23(18)32(25(34)31(13)2)12-15-3-5-17(10-20(15)27)38-39(35,36)37/h3-10,13H,11-12H2,1-2H3,(H,30,33)(H2,35,36,37)/t13-/m0/s1. The Morgan fingerprint density at radius 3 is 2.31 bits per heavy atom. The minimum Gasteiger partial charge on any atom is -0.404 e. The topological polar surface area (TPSA) is 119 Å². The lowest BCUT2D eigenvalue weighted by molar-refractivity contribution is 0.0950. The van der Waals surface area contributed by atoms with Crippen molar-refractivity contribution in [2.45, 2.75) is 26.1 Å². The summed E-state index contributed by atoms with van der Waals surface area (Å²) in [5, 5.41) is 2.36. The summed E-state index contributed by atoms with van der Waals surface area (Å²) in [4.78, 5) is 46.4. The van der Waals surface area contributed by atoms with Crippen LogP contribution < -0.4 is 14.7 Å². The zero-order chi connectivity index (χ0) is 28.6. The van der Waals surface area contributed by atoms with Crippen molar-refractivity contribution in [1.29, 1.82) is 0 Å². The Morgan fingerprint density at radius 1 is 1.03 bits per heavy atom. The van der Waals surface area contributed by atoms with Crippen LogP contribution in [0.2, 0.25) is 0 Å². The van der Waals surface area contributed by atoms with Gasteiger partial charge in [0.25, 0.3) is 5.91 Å². The summed E-state index contributed by atoms with van der Waals surface area (Å²) in [6.07, 6.45) is 0. The molecule has 14 heteroatoms. The maximum Gasteiger partial charge on any atom is 0.524 e. The molecule has 1 heterocycles. The van der Waals surface area contributed by atoms with Crippen molar-refractivity contribution in [2.24, 2.45) is 0 Å². The van der Waals surface area contributed by atoms with E-state index in [9.17, 15) is 31.7 Å². The van der Waals surface area contributed by atoms with Crippen LogP contribution >= 0.6 is 7.82 Å². The van der Waals surface area contributed by atoms with Gasteiger partial charge in [0.1, 0.15) is 29.0 Å². The Hall–Kier alpha value is -3.93. The average Bonchev–Trinajstić information content (AvgIpc) is 2.84. The van der Waals surface area contributed by atoms with E-state index in [4.69, 9.17) is 9.79 Å². The van der Waals surface area contributed by atoms with E-state index in [0.717, 1.165) is 12.1 Å². The molecule has 1 aliphatic heterocycles. The normalized spacial score (nSPS) is 15.3. The third-order valence-corrected chi connectivity index (χ3v) is 6.70. The largest absolute Gasteiger partial charge is 0.524 e. The van der Waals surface area contributed by atoms with Crippen molar-refractivity contribution >= 4 is 25.4 Å². The first-order valence-corrected chi connectivity index (χ1v) is 12.9. The highest BCUT2D eigenvalue weighted by Gasteiger charge is 2.34. The molecule has 39 heavy (non-hydrogen) atoms. The number of rotatable bonds is 7. The number of carbonyl (C=O) groups excluding carboxylic acids is 2. The van der Waals surface area contributed by atoms with Crippen LogP contribution in [-0.2, 0) is 17.7 Å². The smallest absolute Gasteiger partial charge is 0.404 e. The first-order chi connectivity index (χ1) is 18.2. The van der Waals surface area contributed by atoms with Crippen LogP contribution in [0.5, 0.6) is 5.75 Å². The van der Waals surface area contributed by atoms with Crippen LogP contribution in [0.4, 0.5) is 28.0 Å². The second kappa shape index (κ2) is 10.7. The molecule has 0 aromatic heterocycles. The molecule has 9 nitrogen and oxygen atoms in total. The summed E-state index contributed by atoms with van der Waals surface area (Å²) in [6, 6.07) is 7.61. The first kappa shape index (κ1) is 28.1. The number of benzene rings is 3. The molecule has 4 rings (SSSR count). The van der Waals surface area contributed by atoms with Gasteiger partial charge in [0.15, 0.2) is 0 Å². The first-order valence-electron chi connectivity index (χ1n) is 11.4. The van der Waals surface area contributed by atoms with Gasteiger partial charge in [-0.25, -0.2) is 26.9 Å². The lowest BCUT2D eigenvalue weighted by atomic mass is 9.98. The van der Waals surface area contributed by atoms with Crippen molar-refractivity contribution in [3.05, 3.63) is 94.1 Å². The van der Waals surface area contributed by atoms with Crippen LogP contribution in [0.15, 0.2) is 48.5 Å². The SMILES string of the molecule is C[C@H]1c2ccc(C(=O)NCc3c(F)cc(F)cc3F)cc2N(Cc2ccc(OP(=O)(O)O)cc2F)C(=O)N1C. The summed E-state index contributed by atoms with van der Waals surface area (Å²) in [6.45, 7) is 0.884. The Kier molecular flexibility index (Phi) is 7.69. The van der Waals surface area contributed by atoms with E-state index in [1.54, 1.807) is 20.0 Å². The molecule has 3 aromatic carbocycles. The van der Waals surface area contributed by atoms with Gasteiger partial charge in [-0.2, -0.15) is 0 Å². The van der Waals surface area contributed by atoms with Gasteiger partial charge in [-0.15, -0.1) is 0 Å². The minimum atomic E-state index is -4.91. The van der Waals surface area contributed by atoms with E-state index < -0.39 is 66.9 Å². The number of halogens is 4. The number of fused-ring (bicyclic) bond motifs is 1. The molecular formula is C25H22F4N3O6P. The summed E-state index contributed by atoms with van der Waals surface area (Å²) >= 11 is 0. The molecule has 0 aliphatic carbocycles. The molecule has 3 aromatic rings. The second-order valence-electron chi connectivity index (χ2n) is 8.79. The molecular weight excluding hydrogens is 545 g/mol. The van der Waals surface area contributed by atoms with E-state index >= 15 is 0 Å².